The van der Waals surface area contributed by atoms with Crippen molar-refractivity contribution >= 4 is 37.5 Å². The number of benzene rings is 2. The maximum Gasteiger partial charge on any atom is 0.243 e. The van der Waals surface area contributed by atoms with E-state index in [-0.39, 0.29) is 11.8 Å². The summed E-state index contributed by atoms with van der Waals surface area (Å²) < 4.78 is 28.4. The van der Waals surface area contributed by atoms with Gasteiger partial charge in [-0.3, -0.25) is 4.79 Å². The van der Waals surface area contributed by atoms with E-state index in [1.165, 1.54) is 14.0 Å². The van der Waals surface area contributed by atoms with E-state index >= 15 is 0 Å². The molecule has 2 fully saturated rings. The van der Waals surface area contributed by atoms with E-state index in [2.05, 4.69) is 12.1 Å². The third-order valence-corrected chi connectivity index (χ3v) is 9.76. The number of para-hydroxylation sites is 1. The maximum absolute atomic E-state index is 13.1. The van der Waals surface area contributed by atoms with Crippen molar-refractivity contribution < 1.29 is 13.2 Å². The van der Waals surface area contributed by atoms with Crippen LogP contribution in [0.2, 0.25) is 0 Å². The Morgan fingerprint density at radius 3 is 2.22 bits per heavy atom. The van der Waals surface area contributed by atoms with Gasteiger partial charge in [0.25, 0.3) is 0 Å². The zero-order valence-corrected chi connectivity index (χ0v) is 19.5. The van der Waals surface area contributed by atoms with Crippen LogP contribution in [0.5, 0.6) is 0 Å². The van der Waals surface area contributed by atoms with Crippen LogP contribution in [0.1, 0.15) is 36.6 Å². The van der Waals surface area contributed by atoms with Crippen molar-refractivity contribution in [3.05, 3.63) is 59.6 Å². The molecule has 5 rings (SSSR count). The average Bonchev–Trinajstić information content (AvgIpc) is 3.29. The highest BCUT2D eigenvalue weighted by molar-refractivity contribution is 7.89. The molecule has 2 aliphatic heterocycles. The number of aromatic nitrogens is 1. The predicted octanol–water partition coefficient (Wildman–Crippen LogP) is 4.10. The second-order valence-electron chi connectivity index (χ2n) is 8.61. The highest BCUT2D eigenvalue weighted by Gasteiger charge is 2.35. The standard InChI is InChI=1S/C24H27N3O3S2/c28-24(19-12-16-27(17-13-19)32(29,30)20-6-2-1-3-7-20)26-14-10-18(11-15-26)23-25-21-8-4-5-9-22(21)31-23/h1-9,18-19H,10-17H2. The van der Waals surface area contributed by atoms with Crippen LogP contribution >= 0.6 is 11.3 Å². The number of rotatable bonds is 4. The van der Waals surface area contributed by atoms with Crippen molar-refractivity contribution in [1.29, 1.82) is 0 Å². The minimum Gasteiger partial charge on any atom is -0.342 e. The van der Waals surface area contributed by atoms with Crippen LogP contribution < -0.4 is 0 Å². The number of hydrogen-bond donors (Lipinski definition) is 0. The SMILES string of the molecule is O=C(C1CCN(S(=O)(=O)c2ccccc2)CC1)N1CCC(c2nc3ccccc3s2)CC1. The lowest BCUT2D eigenvalue weighted by Crippen LogP contribution is -2.46. The molecule has 2 aliphatic rings. The molecule has 0 bridgehead atoms. The third-order valence-electron chi connectivity index (χ3n) is 6.65. The smallest absolute Gasteiger partial charge is 0.243 e. The second kappa shape index (κ2) is 8.92. The van der Waals surface area contributed by atoms with Crippen LogP contribution in [-0.2, 0) is 14.8 Å². The number of likely N-dealkylation sites (tertiary alicyclic amines) is 1. The van der Waals surface area contributed by atoms with Gasteiger partial charge in [-0.2, -0.15) is 4.31 Å². The van der Waals surface area contributed by atoms with Gasteiger partial charge in [0.05, 0.1) is 20.1 Å². The minimum atomic E-state index is -3.48. The lowest BCUT2D eigenvalue weighted by Gasteiger charge is -2.36. The molecular weight excluding hydrogens is 442 g/mol. The Labute approximate surface area is 192 Å². The Kier molecular flexibility index (Phi) is 6.01. The van der Waals surface area contributed by atoms with Crippen LogP contribution in [0.4, 0.5) is 0 Å². The topological polar surface area (TPSA) is 70.6 Å². The predicted molar refractivity (Wildman–Crippen MR) is 126 cm³/mol. The summed E-state index contributed by atoms with van der Waals surface area (Å²) in [7, 11) is -3.48. The number of piperidine rings is 2. The molecule has 32 heavy (non-hydrogen) atoms. The van der Waals surface area contributed by atoms with E-state index in [1.54, 1.807) is 35.6 Å². The average molecular weight is 470 g/mol. The summed E-state index contributed by atoms with van der Waals surface area (Å²) in [5.74, 6) is 0.509. The Hall–Kier alpha value is -2.29. The van der Waals surface area contributed by atoms with Gasteiger partial charge < -0.3 is 4.90 Å². The van der Waals surface area contributed by atoms with E-state index in [1.807, 2.05) is 23.1 Å². The number of thiazole rings is 1. The van der Waals surface area contributed by atoms with Crippen molar-refractivity contribution in [2.45, 2.75) is 36.5 Å². The molecule has 0 saturated carbocycles. The molecule has 0 unspecified atom stereocenters. The van der Waals surface area contributed by atoms with Crippen molar-refractivity contribution in [3.8, 4) is 0 Å². The zero-order valence-electron chi connectivity index (χ0n) is 17.9. The number of amides is 1. The first-order valence-corrected chi connectivity index (χ1v) is 13.5. The van der Waals surface area contributed by atoms with Gasteiger partial charge in [0, 0.05) is 38.0 Å². The molecule has 2 aromatic carbocycles. The summed E-state index contributed by atoms with van der Waals surface area (Å²) in [6.07, 6.45) is 3.05. The summed E-state index contributed by atoms with van der Waals surface area (Å²) >= 11 is 1.77. The first kappa shape index (κ1) is 21.6. The molecule has 0 radical (unpaired) electrons. The fourth-order valence-electron chi connectivity index (χ4n) is 4.75. The van der Waals surface area contributed by atoms with Crippen LogP contribution in [0.15, 0.2) is 59.5 Å². The number of nitrogens with zero attached hydrogens (tertiary/aromatic N) is 3. The van der Waals surface area contributed by atoms with Crippen molar-refractivity contribution in [2.75, 3.05) is 26.2 Å². The molecule has 168 valence electrons. The lowest BCUT2D eigenvalue weighted by atomic mass is 9.93. The highest BCUT2D eigenvalue weighted by Crippen LogP contribution is 2.34. The van der Waals surface area contributed by atoms with Gasteiger partial charge in [0.1, 0.15) is 0 Å². The van der Waals surface area contributed by atoms with E-state index < -0.39 is 10.0 Å². The Morgan fingerprint density at radius 2 is 1.53 bits per heavy atom. The molecule has 3 aromatic rings. The van der Waals surface area contributed by atoms with Gasteiger partial charge in [-0.05, 0) is 49.9 Å². The van der Waals surface area contributed by atoms with E-state index in [0.29, 0.717) is 36.7 Å². The van der Waals surface area contributed by atoms with Crippen molar-refractivity contribution in [2.24, 2.45) is 5.92 Å². The largest absolute Gasteiger partial charge is 0.342 e. The number of carbonyl (C=O) groups excluding carboxylic acids is 1. The molecule has 6 nitrogen and oxygen atoms in total. The summed E-state index contributed by atoms with van der Waals surface area (Å²) in [4.78, 5) is 20.2. The first-order chi connectivity index (χ1) is 15.5. The molecule has 3 heterocycles. The Balaban J connectivity index is 1.16. The molecule has 1 aromatic heterocycles. The minimum absolute atomic E-state index is 0.0868. The van der Waals surface area contributed by atoms with Gasteiger partial charge in [-0.15, -0.1) is 11.3 Å². The van der Waals surface area contributed by atoms with Crippen LogP contribution in [0.25, 0.3) is 10.2 Å². The molecule has 0 atom stereocenters. The monoisotopic (exact) mass is 469 g/mol. The number of sulfonamides is 1. The van der Waals surface area contributed by atoms with Crippen LogP contribution in [-0.4, -0.2) is 54.7 Å². The zero-order chi connectivity index (χ0) is 22.1. The fraction of sp³-hybridized carbons (Fsp3) is 0.417. The van der Waals surface area contributed by atoms with Crippen LogP contribution in [0, 0.1) is 5.92 Å². The molecule has 2 saturated heterocycles. The van der Waals surface area contributed by atoms with E-state index in [4.69, 9.17) is 4.98 Å². The highest BCUT2D eigenvalue weighted by atomic mass is 32.2. The number of fused-ring (bicyclic) bond motifs is 1. The lowest BCUT2D eigenvalue weighted by molar-refractivity contribution is -0.137. The molecule has 0 N–H and O–H groups in total. The molecule has 1 amide bonds. The van der Waals surface area contributed by atoms with Gasteiger partial charge in [0.15, 0.2) is 0 Å². The van der Waals surface area contributed by atoms with E-state index in [0.717, 1.165) is 31.4 Å². The summed E-state index contributed by atoms with van der Waals surface area (Å²) in [6, 6.07) is 16.8. The molecule has 0 spiro atoms. The molecule has 0 aliphatic carbocycles. The Morgan fingerprint density at radius 1 is 0.875 bits per heavy atom. The maximum atomic E-state index is 13.1. The second-order valence-corrected chi connectivity index (χ2v) is 11.6. The number of carbonyl (C=O) groups is 1. The van der Waals surface area contributed by atoms with E-state index in [9.17, 15) is 13.2 Å². The Bertz CT molecular complexity index is 1160. The number of hydrogen-bond acceptors (Lipinski definition) is 5. The van der Waals surface area contributed by atoms with Gasteiger partial charge in [-0.1, -0.05) is 30.3 Å². The first-order valence-electron chi connectivity index (χ1n) is 11.2. The summed E-state index contributed by atoms with van der Waals surface area (Å²) in [5.41, 5.74) is 1.06. The third kappa shape index (κ3) is 4.19. The van der Waals surface area contributed by atoms with Crippen molar-refractivity contribution in [3.63, 3.8) is 0 Å². The van der Waals surface area contributed by atoms with Gasteiger partial charge in [-0.25, -0.2) is 13.4 Å². The summed E-state index contributed by atoms with van der Waals surface area (Å²) in [6.45, 7) is 2.30. The van der Waals surface area contributed by atoms with Gasteiger partial charge in [0.2, 0.25) is 15.9 Å². The van der Waals surface area contributed by atoms with Gasteiger partial charge >= 0.3 is 0 Å². The summed E-state index contributed by atoms with van der Waals surface area (Å²) in [5, 5.41) is 1.18. The normalized spacial score (nSPS) is 19.4. The quantitative estimate of drug-likeness (QED) is 0.577. The molecular formula is C24H27N3O3S2. The molecule has 8 heteroatoms. The van der Waals surface area contributed by atoms with Crippen molar-refractivity contribution in [1.82, 2.24) is 14.2 Å². The van der Waals surface area contributed by atoms with Crippen LogP contribution in [0.3, 0.4) is 0 Å². The fourth-order valence-corrected chi connectivity index (χ4v) is 7.38.